The van der Waals surface area contributed by atoms with Gasteiger partial charge < -0.3 is 19.2 Å². The van der Waals surface area contributed by atoms with Gasteiger partial charge in [0.1, 0.15) is 6.61 Å². The van der Waals surface area contributed by atoms with Gasteiger partial charge in [0.05, 0.1) is 29.0 Å². The summed E-state index contributed by atoms with van der Waals surface area (Å²) in [5.74, 6) is -0.731. The summed E-state index contributed by atoms with van der Waals surface area (Å²) < 4.78 is 6.77. The average Bonchev–Trinajstić information content (AvgIpc) is 3.09. The van der Waals surface area contributed by atoms with Crippen molar-refractivity contribution < 1.29 is 19.4 Å². The standard InChI is InChI=1S/C23H24N2O5Si/c1-4-23(28)17-9-19-20-14(10-25(19)21(26)15(17)11-30-22(23)27)16(12-31(2,3)29)13-7-5-6-8-18(13)24-20/h5-9,28-29H,4,10-12H2,1-3H3/t23-/m0/s1. The van der Waals surface area contributed by atoms with Crippen LogP contribution >= 0.6 is 0 Å². The summed E-state index contributed by atoms with van der Waals surface area (Å²) in [6.07, 6.45) is 0.106. The maximum absolute atomic E-state index is 13.4. The summed E-state index contributed by atoms with van der Waals surface area (Å²) in [4.78, 5) is 41.2. The van der Waals surface area contributed by atoms with Crippen LogP contribution in [0, 0.1) is 0 Å². The summed E-state index contributed by atoms with van der Waals surface area (Å²) in [7, 11) is -2.46. The zero-order valence-electron chi connectivity index (χ0n) is 17.7. The van der Waals surface area contributed by atoms with Gasteiger partial charge in [-0.2, -0.15) is 0 Å². The number of aromatic nitrogens is 2. The summed E-state index contributed by atoms with van der Waals surface area (Å²) in [6, 6.07) is 10.0. The summed E-state index contributed by atoms with van der Waals surface area (Å²) in [5.41, 5.74) is 2.48. The molecular formula is C23H24N2O5Si. The number of nitrogens with zero attached hydrogens (tertiary/aromatic N) is 2. The monoisotopic (exact) mass is 436 g/mol. The van der Waals surface area contributed by atoms with Crippen molar-refractivity contribution in [2.24, 2.45) is 0 Å². The van der Waals surface area contributed by atoms with Crippen molar-refractivity contribution in [2.75, 3.05) is 0 Å². The molecule has 1 aromatic carbocycles. The van der Waals surface area contributed by atoms with Gasteiger partial charge in [0.15, 0.2) is 13.9 Å². The minimum atomic E-state index is -2.46. The number of para-hydroxylation sites is 1. The number of rotatable bonds is 3. The lowest BCUT2D eigenvalue weighted by atomic mass is 9.86. The van der Waals surface area contributed by atoms with Crippen LogP contribution in [-0.2, 0) is 34.3 Å². The first-order chi connectivity index (χ1) is 14.6. The highest BCUT2D eigenvalue weighted by Crippen LogP contribution is 2.40. The van der Waals surface area contributed by atoms with E-state index in [9.17, 15) is 19.5 Å². The van der Waals surface area contributed by atoms with Crippen LogP contribution in [0.4, 0.5) is 0 Å². The maximum atomic E-state index is 13.4. The van der Waals surface area contributed by atoms with Gasteiger partial charge in [-0.1, -0.05) is 25.1 Å². The SMILES string of the molecule is CC[C@@]1(O)C(=O)OCc2c1cc1n(c2=O)Cc2c-1nc1ccccc1c2C[Si](C)(C)O. The molecule has 0 radical (unpaired) electrons. The first-order valence-electron chi connectivity index (χ1n) is 10.4. The van der Waals surface area contributed by atoms with Gasteiger partial charge in [-0.05, 0) is 43.3 Å². The predicted octanol–water partition coefficient (Wildman–Crippen LogP) is 2.36. The van der Waals surface area contributed by atoms with Crippen LogP contribution < -0.4 is 5.56 Å². The van der Waals surface area contributed by atoms with Crippen LogP contribution in [0.2, 0.25) is 13.1 Å². The van der Waals surface area contributed by atoms with Crippen molar-refractivity contribution in [1.29, 1.82) is 0 Å². The van der Waals surface area contributed by atoms with Gasteiger partial charge in [0.2, 0.25) is 0 Å². The number of ether oxygens (including phenoxy) is 1. The van der Waals surface area contributed by atoms with Crippen LogP contribution in [0.15, 0.2) is 35.1 Å². The van der Waals surface area contributed by atoms with Gasteiger partial charge >= 0.3 is 5.97 Å². The largest absolute Gasteiger partial charge is 0.458 e. The molecule has 2 N–H and O–H groups in total. The topological polar surface area (TPSA) is 102 Å². The van der Waals surface area contributed by atoms with E-state index in [4.69, 9.17) is 9.72 Å². The molecule has 2 aliphatic heterocycles. The molecule has 0 bridgehead atoms. The molecule has 5 rings (SSSR count). The van der Waals surface area contributed by atoms with Crippen molar-refractivity contribution in [2.45, 2.75) is 51.2 Å². The lowest BCUT2D eigenvalue weighted by Gasteiger charge is -2.31. The molecule has 8 heteroatoms. The Labute approximate surface area is 180 Å². The minimum absolute atomic E-state index is 0.106. The van der Waals surface area contributed by atoms with Crippen LogP contribution in [-0.4, -0.2) is 33.7 Å². The highest BCUT2D eigenvalue weighted by Gasteiger charge is 2.45. The van der Waals surface area contributed by atoms with Crippen LogP contribution in [0.1, 0.15) is 35.6 Å². The number of pyridine rings is 2. The van der Waals surface area contributed by atoms with E-state index < -0.39 is 19.9 Å². The van der Waals surface area contributed by atoms with Gasteiger partial charge in [-0.3, -0.25) is 4.79 Å². The summed E-state index contributed by atoms with van der Waals surface area (Å²) in [6.45, 7) is 5.67. The van der Waals surface area contributed by atoms with Crippen molar-refractivity contribution >= 4 is 25.2 Å². The smallest absolute Gasteiger partial charge is 0.343 e. The van der Waals surface area contributed by atoms with E-state index in [0.29, 0.717) is 35.1 Å². The molecule has 3 aromatic rings. The number of fused-ring (bicyclic) bond motifs is 5. The zero-order chi connectivity index (χ0) is 22.1. The van der Waals surface area contributed by atoms with Gasteiger partial charge in [0, 0.05) is 16.5 Å². The highest BCUT2D eigenvalue weighted by atomic mass is 28.4. The Hall–Kier alpha value is -2.81. The molecule has 7 nitrogen and oxygen atoms in total. The van der Waals surface area contributed by atoms with E-state index in [-0.39, 0.29) is 18.6 Å². The second kappa shape index (κ2) is 6.59. The molecule has 31 heavy (non-hydrogen) atoms. The molecule has 0 saturated carbocycles. The fourth-order valence-corrected chi connectivity index (χ4v) is 6.02. The Morgan fingerprint density at radius 3 is 2.68 bits per heavy atom. The minimum Gasteiger partial charge on any atom is -0.458 e. The third kappa shape index (κ3) is 2.89. The van der Waals surface area contributed by atoms with Crippen LogP contribution in [0.3, 0.4) is 0 Å². The summed E-state index contributed by atoms with van der Waals surface area (Å²) in [5, 5.41) is 12.0. The van der Waals surface area contributed by atoms with Gasteiger partial charge in [-0.15, -0.1) is 0 Å². The molecule has 0 unspecified atom stereocenters. The van der Waals surface area contributed by atoms with Gasteiger partial charge in [-0.25, -0.2) is 9.78 Å². The lowest BCUT2D eigenvalue weighted by Crippen LogP contribution is -2.44. The molecule has 1 atom stereocenters. The predicted molar refractivity (Wildman–Crippen MR) is 118 cm³/mol. The fourth-order valence-electron chi connectivity index (χ4n) is 4.75. The molecule has 160 valence electrons. The quantitative estimate of drug-likeness (QED) is 0.378. The number of carbonyl (C=O) groups is 1. The lowest BCUT2D eigenvalue weighted by molar-refractivity contribution is -0.172. The second-order valence-electron chi connectivity index (χ2n) is 9.03. The first kappa shape index (κ1) is 20.1. The molecule has 4 heterocycles. The number of cyclic esters (lactones) is 1. The fraction of sp³-hybridized carbons (Fsp3) is 0.348. The third-order valence-corrected chi connectivity index (χ3v) is 7.54. The maximum Gasteiger partial charge on any atom is 0.343 e. The Kier molecular flexibility index (Phi) is 4.28. The van der Waals surface area contributed by atoms with E-state index in [1.54, 1.807) is 17.6 Å². The molecule has 2 aromatic heterocycles. The second-order valence-corrected chi connectivity index (χ2v) is 13.0. The number of carbonyl (C=O) groups excluding carboxylic acids is 1. The number of hydrogen-bond donors (Lipinski definition) is 2. The van der Waals surface area contributed by atoms with E-state index in [1.165, 1.54) is 0 Å². The molecule has 2 aliphatic rings. The van der Waals surface area contributed by atoms with Crippen LogP contribution in [0.5, 0.6) is 0 Å². The molecule has 0 aliphatic carbocycles. The third-order valence-electron chi connectivity index (χ3n) is 6.32. The van der Waals surface area contributed by atoms with Crippen LogP contribution in [0.25, 0.3) is 22.3 Å². The Balaban J connectivity index is 1.82. The Bertz CT molecular complexity index is 1320. The number of aliphatic hydroxyl groups is 1. The zero-order valence-corrected chi connectivity index (χ0v) is 18.7. The number of benzene rings is 1. The molecule has 0 spiro atoms. The highest BCUT2D eigenvalue weighted by molar-refractivity contribution is 6.69. The van der Waals surface area contributed by atoms with E-state index >= 15 is 0 Å². The van der Waals surface area contributed by atoms with E-state index in [2.05, 4.69) is 0 Å². The number of hydrogen-bond acceptors (Lipinski definition) is 6. The van der Waals surface area contributed by atoms with Crippen molar-refractivity contribution in [3.8, 4) is 11.4 Å². The van der Waals surface area contributed by atoms with E-state index in [0.717, 1.165) is 22.0 Å². The normalized spacial score (nSPS) is 19.7. The van der Waals surface area contributed by atoms with E-state index in [1.807, 2.05) is 37.4 Å². The molecule has 0 saturated heterocycles. The molecule has 0 fully saturated rings. The van der Waals surface area contributed by atoms with Crippen molar-refractivity contribution in [1.82, 2.24) is 9.55 Å². The number of esters is 1. The van der Waals surface area contributed by atoms with Gasteiger partial charge in [0.25, 0.3) is 5.56 Å². The van der Waals surface area contributed by atoms with Crippen molar-refractivity contribution in [3.63, 3.8) is 0 Å². The Morgan fingerprint density at radius 2 is 1.97 bits per heavy atom. The average molecular weight is 437 g/mol. The Morgan fingerprint density at radius 1 is 1.23 bits per heavy atom. The van der Waals surface area contributed by atoms with Crippen molar-refractivity contribution in [3.05, 3.63) is 62.9 Å². The first-order valence-corrected chi connectivity index (χ1v) is 13.6. The molecular weight excluding hydrogens is 412 g/mol. The molecule has 0 amide bonds. The summed E-state index contributed by atoms with van der Waals surface area (Å²) >= 11 is 0.